The fraction of sp³-hybridized carbons (Fsp3) is 0.558. The van der Waals surface area contributed by atoms with E-state index in [2.05, 4.69) is 42.6 Å². The number of imide groups is 1. The van der Waals surface area contributed by atoms with Gasteiger partial charge in [-0.2, -0.15) is 10.2 Å². The number of piperidine rings is 2. The standard InChI is InChI=1S/C43H54F2N12O5/c1-25-21-54(22-26(2)62-25)35-16-19-55-40(48-35)30(20-46-55)41(59)47-31-24-56(50-37(31)39(44)45)29-10-8-27(9-11-29)23-51(3)28-14-17-53(18-15-28)32-6-5-7-33-38(32)52(4)43(61)57(33)34-12-13-36(58)49-42(34)60/h5-7,16,19-20,24-29,34,39H,8-15,17-18,21-23H2,1-4H3,(H,47,59)(H,49,58,60). The molecule has 17 nitrogen and oxygen atoms in total. The lowest BCUT2D eigenvalue weighted by Crippen LogP contribution is -2.45. The number of fused-ring (bicyclic) bond motifs is 2. The molecule has 3 amide bonds. The average molecular weight is 857 g/mol. The highest BCUT2D eigenvalue weighted by molar-refractivity contribution is 6.08. The van der Waals surface area contributed by atoms with Gasteiger partial charge in [-0.3, -0.25) is 33.5 Å². The molecule has 2 N–H and O–H groups in total. The molecule has 3 unspecified atom stereocenters. The van der Waals surface area contributed by atoms with Crippen molar-refractivity contribution in [2.45, 2.75) is 102 Å². The van der Waals surface area contributed by atoms with Crippen molar-refractivity contribution in [1.82, 2.24) is 43.7 Å². The van der Waals surface area contributed by atoms with E-state index in [0.717, 1.165) is 69.4 Å². The van der Waals surface area contributed by atoms with E-state index >= 15 is 0 Å². The number of imidazole rings is 1. The normalized spacial score (nSPS) is 24.2. The Hall–Kier alpha value is -5.69. The highest BCUT2D eigenvalue weighted by atomic mass is 19.3. The second kappa shape index (κ2) is 16.9. The van der Waals surface area contributed by atoms with E-state index < -0.39 is 30.0 Å². The van der Waals surface area contributed by atoms with Crippen molar-refractivity contribution in [3.63, 3.8) is 0 Å². The molecule has 0 bridgehead atoms. The first kappa shape index (κ1) is 41.7. The van der Waals surface area contributed by atoms with Gasteiger partial charge in [0.2, 0.25) is 11.8 Å². The Labute approximate surface area is 357 Å². The summed E-state index contributed by atoms with van der Waals surface area (Å²) in [4.78, 5) is 63.2. The van der Waals surface area contributed by atoms with E-state index in [4.69, 9.17) is 9.72 Å². The Morgan fingerprint density at radius 2 is 1.74 bits per heavy atom. The number of aryl methyl sites for hydroxylation is 1. The van der Waals surface area contributed by atoms with Crippen molar-refractivity contribution in [1.29, 1.82) is 0 Å². The van der Waals surface area contributed by atoms with Crippen molar-refractivity contribution in [2.75, 3.05) is 54.9 Å². The Balaban J connectivity index is 0.802. The maximum absolute atomic E-state index is 14.4. The molecule has 7 heterocycles. The van der Waals surface area contributed by atoms with E-state index in [1.807, 2.05) is 38.1 Å². The molecule has 4 aliphatic rings. The zero-order valence-electron chi connectivity index (χ0n) is 35.5. The second-order valence-corrected chi connectivity index (χ2v) is 17.6. The van der Waals surface area contributed by atoms with Crippen LogP contribution in [0.15, 0.2) is 47.7 Å². The summed E-state index contributed by atoms with van der Waals surface area (Å²) >= 11 is 0. The van der Waals surface area contributed by atoms with Crippen LogP contribution in [0.4, 0.5) is 26.0 Å². The highest BCUT2D eigenvalue weighted by Crippen LogP contribution is 2.37. The summed E-state index contributed by atoms with van der Waals surface area (Å²) in [6.07, 6.45) is 7.64. The second-order valence-electron chi connectivity index (χ2n) is 17.6. The van der Waals surface area contributed by atoms with Crippen LogP contribution >= 0.6 is 0 Å². The zero-order valence-corrected chi connectivity index (χ0v) is 35.5. The summed E-state index contributed by atoms with van der Waals surface area (Å²) in [5, 5.41) is 13.7. The Morgan fingerprint density at radius 3 is 2.45 bits per heavy atom. The molecule has 9 rings (SSSR count). The van der Waals surface area contributed by atoms with Gasteiger partial charge in [-0.1, -0.05) is 6.07 Å². The largest absolute Gasteiger partial charge is 0.372 e. The number of anilines is 3. The van der Waals surface area contributed by atoms with Crippen LogP contribution in [0.1, 0.15) is 99.8 Å². The number of carbonyl (C=O) groups is 3. The molecule has 1 aliphatic carbocycles. The number of hydrogen-bond acceptors (Lipinski definition) is 11. The van der Waals surface area contributed by atoms with Gasteiger partial charge in [-0.05, 0) is 90.0 Å². The third-order valence-electron chi connectivity index (χ3n) is 13.3. The van der Waals surface area contributed by atoms with E-state index in [-0.39, 0.29) is 53.9 Å². The number of carbonyl (C=O) groups excluding carboxylic acids is 3. The SMILES string of the molecule is CC1CN(c2ccn3ncc(C(=O)Nc4cn(C5CCC(CN(C)C6CCN(c7cccc8c7n(C)c(=O)n8C7CCC(=O)NC7=O)CC6)CC5)nc4C(F)F)c3n2)CC(C)O1. The first-order valence-corrected chi connectivity index (χ1v) is 21.7. The van der Waals surface area contributed by atoms with Crippen LogP contribution in [0.5, 0.6) is 0 Å². The fourth-order valence-corrected chi connectivity index (χ4v) is 10.2. The summed E-state index contributed by atoms with van der Waals surface area (Å²) in [5.74, 6) is -0.215. The molecule has 19 heteroatoms. The van der Waals surface area contributed by atoms with Crippen molar-refractivity contribution in [2.24, 2.45) is 13.0 Å². The van der Waals surface area contributed by atoms with Crippen molar-refractivity contribution < 1.29 is 27.9 Å². The molecular formula is C43H54F2N12O5. The number of para-hydroxylation sites is 1. The number of amides is 3. The van der Waals surface area contributed by atoms with E-state index in [9.17, 15) is 28.0 Å². The topological polar surface area (TPSA) is 169 Å². The molecule has 4 aromatic heterocycles. The van der Waals surface area contributed by atoms with Gasteiger partial charge in [-0.15, -0.1) is 0 Å². The third kappa shape index (κ3) is 7.95. The van der Waals surface area contributed by atoms with Gasteiger partial charge >= 0.3 is 5.69 Å². The molecule has 3 aliphatic heterocycles. The number of hydrogen-bond donors (Lipinski definition) is 2. The van der Waals surface area contributed by atoms with Crippen LogP contribution in [0.25, 0.3) is 16.7 Å². The van der Waals surface area contributed by atoms with Gasteiger partial charge in [0.1, 0.15) is 17.4 Å². The molecule has 62 heavy (non-hydrogen) atoms. The molecule has 1 aromatic carbocycles. The number of ether oxygens (including phenoxy) is 1. The summed E-state index contributed by atoms with van der Waals surface area (Å²) < 4.78 is 40.8. The zero-order chi connectivity index (χ0) is 43.4. The lowest BCUT2D eigenvalue weighted by Gasteiger charge is -2.40. The molecule has 4 fully saturated rings. The van der Waals surface area contributed by atoms with Crippen molar-refractivity contribution in [3.05, 3.63) is 64.6 Å². The minimum atomic E-state index is -2.87. The molecule has 1 saturated carbocycles. The Kier molecular flexibility index (Phi) is 11.3. The summed E-state index contributed by atoms with van der Waals surface area (Å²) in [7, 11) is 3.91. The highest BCUT2D eigenvalue weighted by Gasteiger charge is 2.34. The lowest BCUT2D eigenvalue weighted by atomic mass is 9.85. The van der Waals surface area contributed by atoms with Crippen molar-refractivity contribution >= 4 is 51.6 Å². The van der Waals surface area contributed by atoms with E-state index in [1.54, 1.807) is 22.5 Å². The van der Waals surface area contributed by atoms with E-state index in [1.165, 1.54) is 21.5 Å². The minimum absolute atomic E-state index is 0.0186. The lowest BCUT2D eigenvalue weighted by molar-refractivity contribution is -0.135. The number of nitrogens with one attached hydrogen (secondary N) is 2. The first-order chi connectivity index (χ1) is 29.8. The van der Waals surface area contributed by atoms with Crippen LogP contribution in [-0.4, -0.2) is 114 Å². The maximum atomic E-state index is 14.4. The van der Waals surface area contributed by atoms with Gasteiger partial charge in [-0.25, -0.2) is 23.1 Å². The van der Waals surface area contributed by atoms with Crippen LogP contribution in [-0.2, 0) is 21.4 Å². The summed E-state index contributed by atoms with van der Waals surface area (Å²) in [6.45, 7) is 7.85. The molecule has 3 atom stereocenters. The molecule has 3 saturated heterocycles. The van der Waals surface area contributed by atoms with Gasteiger partial charge in [0, 0.05) is 64.6 Å². The summed E-state index contributed by atoms with van der Waals surface area (Å²) in [6, 6.07) is 7.24. The van der Waals surface area contributed by atoms with Crippen LogP contribution in [0.2, 0.25) is 0 Å². The molecule has 5 aromatic rings. The fourth-order valence-electron chi connectivity index (χ4n) is 10.2. The number of benzene rings is 1. The first-order valence-electron chi connectivity index (χ1n) is 21.7. The number of nitrogens with zero attached hydrogens (tertiary/aromatic N) is 10. The van der Waals surface area contributed by atoms with Gasteiger partial charge in [0.25, 0.3) is 12.3 Å². The molecular weight excluding hydrogens is 803 g/mol. The van der Waals surface area contributed by atoms with E-state index in [0.29, 0.717) is 42.0 Å². The summed E-state index contributed by atoms with van der Waals surface area (Å²) in [5.41, 5.74) is 2.18. The van der Waals surface area contributed by atoms with Gasteiger partial charge in [0.05, 0.1) is 46.9 Å². The van der Waals surface area contributed by atoms with Gasteiger partial charge < -0.3 is 24.8 Å². The number of rotatable bonds is 10. The molecule has 0 radical (unpaired) electrons. The molecule has 330 valence electrons. The van der Waals surface area contributed by atoms with Crippen LogP contribution < -0.4 is 26.1 Å². The Bertz CT molecular complexity index is 2540. The third-order valence-corrected chi connectivity index (χ3v) is 13.3. The smallest absolute Gasteiger partial charge is 0.329 e. The number of alkyl halides is 2. The van der Waals surface area contributed by atoms with Gasteiger partial charge in [0.15, 0.2) is 11.3 Å². The van der Waals surface area contributed by atoms with Crippen LogP contribution in [0.3, 0.4) is 0 Å². The monoisotopic (exact) mass is 856 g/mol. The average Bonchev–Trinajstić information content (AvgIpc) is 3.95. The number of morpholine rings is 1. The molecule has 0 spiro atoms. The van der Waals surface area contributed by atoms with Crippen LogP contribution in [0, 0.1) is 5.92 Å². The Morgan fingerprint density at radius 1 is 1.00 bits per heavy atom. The maximum Gasteiger partial charge on any atom is 0.329 e. The predicted octanol–water partition coefficient (Wildman–Crippen LogP) is 4.69. The quantitative estimate of drug-likeness (QED) is 0.187. The minimum Gasteiger partial charge on any atom is -0.372 e. The predicted molar refractivity (Wildman–Crippen MR) is 228 cm³/mol. The number of aromatic nitrogens is 7. The van der Waals surface area contributed by atoms with Crippen molar-refractivity contribution in [3.8, 4) is 0 Å². The number of halogens is 2.